The zero-order chi connectivity index (χ0) is 31.3. The first-order valence-corrected chi connectivity index (χ1v) is 15.1. The second-order valence-corrected chi connectivity index (χ2v) is 12.1. The number of carbonyl (C=O) groups excluding carboxylic acids is 2. The molecule has 1 aliphatic heterocycles. The summed E-state index contributed by atoms with van der Waals surface area (Å²) in [4.78, 5) is 29.5. The normalized spacial score (nSPS) is 17.5. The van der Waals surface area contributed by atoms with Crippen molar-refractivity contribution in [3.8, 4) is 11.5 Å². The van der Waals surface area contributed by atoms with Crippen LogP contribution in [-0.2, 0) is 10.0 Å². The predicted molar refractivity (Wildman–Crippen MR) is 159 cm³/mol. The van der Waals surface area contributed by atoms with Gasteiger partial charge in [0, 0.05) is 30.9 Å². The molecule has 4 rings (SSSR count). The SMILES string of the molecule is COc1ccc(S(=O)(=O)Nc2ccc3c(c2)C(=O)N([C@@H](C)CO)C[C@H](C)[C@H](CN(C)C(=O)Nc2ccc(F)cc2)O3)cc1. The van der Waals surface area contributed by atoms with E-state index in [1.807, 2.05) is 6.92 Å². The molecule has 0 bridgehead atoms. The molecule has 0 unspecified atom stereocenters. The van der Waals surface area contributed by atoms with Crippen LogP contribution in [0.5, 0.6) is 11.5 Å². The van der Waals surface area contributed by atoms with Crippen LogP contribution >= 0.6 is 0 Å². The second-order valence-electron chi connectivity index (χ2n) is 10.4. The molecule has 13 heteroatoms. The molecule has 0 saturated carbocycles. The average Bonchev–Trinajstić information content (AvgIpc) is 2.99. The standard InChI is InChI=1S/C30H35FN4O7S/c1-19-16-35(20(2)18-36)29(37)26-15-23(33-43(39,40)25-12-10-24(41-4)11-13-25)9-14-27(26)42-28(19)17-34(3)30(38)32-22-7-5-21(31)6-8-22/h5-15,19-20,28,33,36H,16-18H2,1-4H3,(H,32,38)/t19-,20-,28-/m0/s1. The fourth-order valence-electron chi connectivity index (χ4n) is 4.58. The molecule has 230 valence electrons. The Kier molecular flexibility index (Phi) is 9.77. The van der Waals surface area contributed by atoms with Gasteiger partial charge in [-0.25, -0.2) is 17.6 Å². The highest BCUT2D eigenvalue weighted by Crippen LogP contribution is 2.31. The highest BCUT2D eigenvalue weighted by Gasteiger charge is 2.34. The fourth-order valence-corrected chi connectivity index (χ4v) is 5.63. The summed E-state index contributed by atoms with van der Waals surface area (Å²) in [5, 5.41) is 12.6. The van der Waals surface area contributed by atoms with E-state index in [1.54, 1.807) is 14.0 Å². The number of benzene rings is 3. The molecule has 1 heterocycles. The molecule has 0 spiro atoms. The lowest BCUT2D eigenvalue weighted by Gasteiger charge is -2.38. The number of hydrogen-bond donors (Lipinski definition) is 3. The van der Waals surface area contributed by atoms with Crippen LogP contribution in [0.15, 0.2) is 71.6 Å². The number of ether oxygens (including phenoxy) is 2. The Bertz CT molecular complexity index is 1550. The lowest BCUT2D eigenvalue weighted by Crippen LogP contribution is -2.50. The molecule has 3 amide bonds. The van der Waals surface area contributed by atoms with E-state index >= 15 is 0 Å². The van der Waals surface area contributed by atoms with Crippen LogP contribution in [0.1, 0.15) is 24.2 Å². The summed E-state index contributed by atoms with van der Waals surface area (Å²) in [5.74, 6) is -0.412. The molecule has 3 aromatic carbocycles. The topological polar surface area (TPSA) is 138 Å². The minimum atomic E-state index is -3.99. The molecule has 0 aliphatic carbocycles. The summed E-state index contributed by atoms with van der Waals surface area (Å²) >= 11 is 0. The molecule has 0 fully saturated rings. The largest absolute Gasteiger partial charge is 0.497 e. The van der Waals surface area contributed by atoms with Crippen molar-refractivity contribution < 1.29 is 37.0 Å². The average molecular weight is 615 g/mol. The number of anilines is 2. The minimum absolute atomic E-state index is 0.00832. The number of methoxy groups -OCH3 is 1. The fraction of sp³-hybridized carbons (Fsp3) is 0.333. The van der Waals surface area contributed by atoms with Gasteiger partial charge in [0.25, 0.3) is 15.9 Å². The highest BCUT2D eigenvalue weighted by molar-refractivity contribution is 7.92. The van der Waals surface area contributed by atoms with Crippen molar-refractivity contribution in [2.75, 3.05) is 43.9 Å². The number of nitrogens with zero attached hydrogens (tertiary/aromatic N) is 2. The number of aliphatic hydroxyl groups is 1. The number of nitrogens with one attached hydrogen (secondary N) is 2. The van der Waals surface area contributed by atoms with E-state index in [0.29, 0.717) is 11.4 Å². The van der Waals surface area contributed by atoms with Crippen molar-refractivity contribution in [1.82, 2.24) is 9.80 Å². The summed E-state index contributed by atoms with van der Waals surface area (Å²) in [5.41, 5.74) is 0.669. The van der Waals surface area contributed by atoms with Gasteiger partial charge in [-0.3, -0.25) is 9.52 Å². The minimum Gasteiger partial charge on any atom is -0.497 e. The number of hydrogen-bond acceptors (Lipinski definition) is 7. The molecule has 1 aliphatic rings. The number of carbonyl (C=O) groups is 2. The summed E-state index contributed by atoms with van der Waals surface area (Å²) in [6, 6.07) is 14.7. The van der Waals surface area contributed by atoms with Crippen LogP contribution in [0.3, 0.4) is 0 Å². The molecule has 3 aromatic rings. The first-order valence-electron chi connectivity index (χ1n) is 13.6. The van der Waals surface area contributed by atoms with Crippen LogP contribution in [0.25, 0.3) is 0 Å². The van der Waals surface area contributed by atoms with Crippen LogP contribution in [0.2, 0.25) is 0 Å². The first-order chi connectivity index (χ1) is 20.4. The van der Waals surface area contributed by atoms with Crippen LogP contribution in [0.4, 0.5) is 20.6 Å². The smallest absolute Gasteiger partial charge is 0.321 e. The number of fused-ring (bicyclic) bond motifs is 1. The number of rotatable bonds is 9. The Labute approximate surface area is 250 Å². The van der Waals surface area contributed by atoms with E-state index in [2.05, 4.69) is 10.0 Å². The van der Waals surface area contributed by atoms with Gasteiger partial charge >= 0.3 is 6.03 Å². The Morgan fingerprint density at radius 1 is 1.14 bits per heavy atom. The number of amides is 3. The Morgan fingerprint density at radius 2 is 1.79 bits per heavy atom. The zero-order valence-corrected chi connectivity index (χ0v) is 25.1. The Hall–Kier alpha value is -4.36. The van der Waals surface area contributed by atoms with Gasteiger partial charge in [0.15, 0.2) is 0 Å². The van der Waals surface area contributed by atoms with Gasteiger partial charge in [-0.05, 0) is 73.7 Å². The van der Waals surface area contributed by atoms with E-state index in [1.165, 1.54) is 83.6 Å². The summed E-state index contributed by atoms with van der Waals surface area (Å²) in [7, 11) is -0.923. The van der Waals surface area contributed by atoms with Gasteiger partial charge in [-0.2, -0.15) is 0 Å². The third kappa shape index (κ3) is 7.54. The lowest BCUT2D eigenvalue weighted by atomic mass is 9.99. The number of aliphatic hydroxyl groups excluding tert-OH is 1. The summed E-state index contributed by atoms with van der Waals surface area (Å²) in [6.07, 6.45) is -0.578. The Balaban J connectivity index is 1.60. The van der Waals surface area contributed by atoms with E-state index in [9.17, 15) is 27.5 Å². The first kappa shape index (κ1) is 31.6. The number of likely N-dealkylation sites (N-methyl/N-ethyl adjacent to an activating group) is 1. The van der Waals surface area contributed by atoms with Crippen LogP contribution in [0, 0.1) is 11.7 Å². The van der Waals surface area contributed by atoms with E-state index in [0.717, 1.165) is 0 Å². The maximum absolute atomic E-state index is 13.7. The lowest BCUT2D eigenvalue weighted by molar-refractivity contribution is 0.0371. The number of halogens is 1. The molecule has 3 atom stereocenters. The predicted octanol–water partition coefficient (Wildman–Crippen LogP) is 4.02. The molecular formula is C30H35FN4O7S. The molecule has 0 aromatic heterocycles. The van der Waals surface area contributed by atoms with Crippen molar-refractivity contribution in [2.45, 2.75) is 30.9 Å². The number of sulfonamides is 1. The molecule has 11 nitrogen and oxygen atoms in total. The van der Waals surface area contributed by atoms with E-state index < -0.39 is 39.9 Å². The molecule has 0 radical (unpaired) electrons. The van der Waals surface area contributed by atoms with E-state index in [4.69, 9.17) is 9.47 Å². The summed E-state index contributed by atoms with van der Waals surface area (Å²) in [6.45, 7) is 3.64. The van der Waals surface area contributed by atoms with Crippen molar-refractivity contribution in [3.63, 3.8) is 0 Å². The van der Waals surface area contributed by atoms with E-state index in [-0.39, 0.29) is 47.5 Å². The molecule has 3 N–H and O–H groups in total. The van der Waals surface area contributed by atoms with Gasteiger partial charge in [0.05, 0.1) is 36.8 Å². The maximum atomic E-state index is 13.7. The summed E-state index contributed by atoms with van der Waals surface area (Å²) < 4.78 is 53.2. The molecule has 43 heavy (non-hydrogen) atoms. The molecule has 0 saturated heterocycles. The maximum Gasteiger partial charge on any atom is 0.321 e. The second kappa shape index (κ2) is 13.3. The van der Waals surface area contributed by atoms with Crippen molar-refractivity contribution >= 4 is 33.3 Å². The van der Waals surface area contributed by atoms with Crippen LogP contribution in [-0.4, -0.2) is 81.3 Å². The number of urea groups is 1. The van der Waals surface area contributed by atoms with Gasteiger partial charge in [0.1, 0.15) is 23.4 Å². The van der Waals surface area contributed by atoms with Crippen molar-refractivity contribution in [1.29, 1.82) is 0 Å². The van der Waals surface area contributed by atoms with Gasteiger partial charge < -0.3 is 29.7 Å². The third-order valence-electron chi connectivity index (χ3n) is 7.18. The quantitative estimate of drug-likeness (QED) is 0.331. The zero-order valence-electron chi connectivity index (χ0n) is 24.3. The molecular weight excluding hydrogens is 579 g/mol. The van der Waals surface area contributed by atoms with Crippen molar-refractivity contribution in [3.05, 3.63) is 78.1 Å². The van der Waals surface area contributed by atoms with Crippen molar-refractivity contribution in [2.24, 2.45) is 5.92 Å². The van der Waals surface area contributed by atoms with Gasteiger partial charge in [-0.15, -0.1) is 0 Å². The monoisotopic (exact) mass is 614 g/mol. The van der Waals surface area contributed by atoms with Crippen LogP contribution < -0.4 is 19.5 Å². The highest BCUT2D eigenvalue weighted by atomic mass is 32.2. The third-order valence-corrected chi connectivity index (χ3v) is 8.58. The van der Waals surface area contributed by atoms with Gasteiger partial charge in [0.2, 0.25) is 0 Å². The van der Waals surface area contributed by atoms with Gasteiger partial charge in [-0.1, -0.05) is 6.92 Å². The Morgan fingerprint density at radius 3 is 2.42 bits per heavy atom.